The molecule has 7 heteroatoms. The predicted octanol–water partition coefficient (Wildman–Crippen LogP) is 1.35. The molecule has 1 heterocycles. The van der Waals surface area contributed by atoms with E-state index in [0.29, 0.717) is 11.4 Å². The number of hydrogen-bond donors (Lipinski definition) is 2. The smallest absolute Gasteiger partial charge is 0.246 e. The summed E-state index contributed by atoms with van der Waals surface area (Å²) in [6.45, 7) is 3.27. The van der Waals surface area contributed by atoms with Crippen LogP contribution in [0.15, 0.2) is 33.7 Å². The van der Waals surface area contributed by atoms with Crippen molar-refractivity contribution in [3.63, 3.8) is 0 Å². The first kappa shape index (κ1) is 13.6. The predicted molar refractivity (Wildman–Crippen MR) is 70.9 cm³/mol. The zero-order valence-corrected chi connectivity index (χ0v) is 11.5. The number of anilines is 1. The molecule has 1 aromatic heterocycles. The summed E-state index contributed by atoms with van der Waals surface area (Å²) in [5, 5.41) is 3.64. The van der Waals surface area contributed by atoms with Gasteiger partial charge < -0.3 is 10.3 Å². The average Bonchev–Trinajstić information content (AvgIpc) is 2.69. The van der Waals surface area contributed by atoms with E-state index in [4.69, 9.17) is 10.3 Å². The minimum atomic E-state index is -3.66. The quantitative estimate of drug-likeness (QED) is 0.824. The number of nitrogens with zero attached hydrogens (tertiary/aromatic N) is 1. The molecule has 0 saturated heterocycles. The fraction of sp³-hybridized carbons (Fsp3) is 0.250. The highest BCUT2D eigenvalue weighted by Gasteiger charge is 2.23. The normalized spacial score (nSPS) is 11.7. The molecule has 19 heavy (non-hydrogen) atoms. The Kier molecular flexibility index (Phi) is 3.59. The van der Waals surface area contributed by atoms with Crippen molar-refractivity contribution in [3.05, 3.63) is 41.3 Å². The van der Waals surface area contributed by atoms with Crippen LogP contribution in [-0.4, -0.2) is 13.6 Å². The van der Waals surface area contributed by atoms with Crippen molar-refractivity contribution in [2.75, 3.05) is 5.73 Å². The zero-order valence-electron chi connectivity index (χ0n) is 10.7. The average molecular weight is 281 g/mol. The third-order valence-electron chi connectivity index (χ3n) is 2.74. The summed E-state index contributed by atoms with van der Waals surface area (Å²) in [4.78, 5) is 0.0852. The lowest BCUT2D eigenvalue weighted by molar-refractivity contribution is 0.390. The highest BCUT2D eigenvalue weighted by atomic mass is 32.2. The van der Waals surface area contributed by atoms with E-state index < -0.39 is 10.0 Å². The highest BCUT2D eigenvalue weighted by Crippen LogP contribution is 2.19. The first-order chi connectivity index (χ1) is 8.92. The van der Waals surface area contributed by atoms with Crippen LogP contribution in [-0.2, 0) is 16.6 Å². The van der Waals surface area contributed by atoms with Gasteiger partial charge in [-0.1, -0.05) is 23.4 Å². The largest absolute Gasteiger partial charge is 0.398 e. The number of rotatable bonds is 4. The van der Waals surface area contributed by atoms with E-state index in [1.54, 1.807) is 38.1 Å². The van der Waals surface area contributed by atoms with Gasteiger partial charge in [-0.05, 0) is 25.5 Å². The molecule has 0 aliphatic rings. The number of nitrogens with one attached hydrogen (secondary N) is 1. The Labute approximate surface area is 111 Å². The molecule has 0 fully saturated rings. The Morgan fingerprint density at radius 3 is 2.58 bits per heavy atom. The van der Waals surface area contributed by atoms with Crippen LogP contribution in [0.1, 0.15) is 17.0 Å². The van der Waals surface area contributed by atoms with Gasteiger partial charge in [-0.15, -0.1) is 0 Å². The lowest BCUT2D eigenvalue weighted by Crippen LogP contribution is -2.24. The SMILES string of the molecule is Cc1noc(C)c1S(=O)(=O)NCc1ccccc1N. The van der Waals surface area contributed by atoms with Gasteiger partial charge in [0.1, 0.15) is 10.6 Å². The van der Waals surface area contributed by atoms with E-state index >= 15 is 0 Å². The van der Waals surface area contributed by atoms with E-state index in [1.807, 2.05) is 0 Å². The maximum absolute atomic E-state index is 12.2. The second-order valence-corrected chi connectivity index (χ2v) is 5.88. The van der Waals surface area contributed by atoms with E-state index in [1.165, 1.54) is 0 Å². The lowest BCUT2D eigenvalue weighted by atomic mass is 10.2. The first-order valence-electron chi connectivity index (χ1n) is 5.68. The van der Waals surface area contributed by atoms with Crippen LogP contribution in [0.25, 0.3) is 0 Å². The number of sulfonamides is 1. The molecule has 0 amide bonds. The molecular formula is C12H15N3O3S. The molecule has 2 aromatic rings. The minimum Gasteiger partial charge on any atom is -0.398 e. The Morgan fingerprint density at radius 2 is 2.00 bits per heavy atom. The van der Waals surface area contributed by atoms with Crippen molar-refractivity contribution < 1.29 is 12.9 Å². The van der Waals surface area contributed by atoms with Crippen LogP contribution < -0.4 is 10.5 Å². The maximum Gasteiger partial charge on any atom is 0.246 e. The van der Waals surface area contributed by atoms with Crippen molar-refractivity contribution in [3.8, 4) is 0 Å². The molecule has 0 spiro atoms. The molecule has 0 saturated carbocycles. The van der Waals surface area contributed by atoms with Gasteiger partial charge in [0.2, 0.25) is 10.0 Å². The van der Waals surface area contributed by atoms with Crippen LogP contribution in [0.2, 0.25) is 0 Å². The molecule has 1 aromatic carbocycles. The molecule has 0 bridgehead atoms. The van der Waals surface area contributed by atoms with E-state index in [2.05, 4.69) is 9.88 Å². The number of para-hydroxylation sites is 1. The topological polar surface area (TPSA) is 98.2 Å². The summed E-state index contributed by atoms with van der Waals surface area (Å²) in [5.41, 5.74) is 7.37. The molecule has 0 aliphatic heterocycles. The van der Waals surface area contributed by atoms with E-state index in [-0.39, 0.29) is 17.2 Å². The molecule has 2 rings (SSSR count). The number of nitrogens with two attached hydrogens (primary N) is 1. The Balaban J connectivity index is 2.22. The minimum absolute atomic E-state index is 0.0852. The lowest BCUT2D eigenvalue weighted by Gasteiger charge is -2.08. The van der Waals surface area contributed by atoms with Gasteiger partial charge in [-0.25, -0.2) is 13.1 Å². The van der Waals surface area contributed by atoms with Gasteiger partial charge in [0.15, 0.2) is 5.76 Å². The van der Waals surface area contributed by atoms with Gasteiger partial charge >= 0.3 is 0 Å². The van der Waals surface area contributed by atoms with Gasteiger partial charge in [0.05, 0.1) is 0 Å². The fourth-order valence-electron chi connectivity index (χ4n) is 1.80. The van der Waals surface area contributed by atoms with Gasteiger partial charge in [0, 0.05) is 12.2 Å². The van der Waals surface area contributed by atoms with Crippen molar-refractivity contribution in [1.29, 1.82) is 0 Å². The molecule has 0 unspecified atom stereocenters. The summed E-state index contributed by atoms with van der Waals surface area (Å²) < 4.78 is 31.7. The van der Waals surface area contributed by atoms with Crippen LogP contribution in [0.4, 0.5) is 5.69 Å². The first-order valence-corrected chi connectivity index (χ1v) is 7.16. The third kappa shape index (κ3) is 2.77. The molecule has 6 nitrogen and oxygen atoms in total. The molecule has 0 atom stereocenters. The summed E-state index contributed by atoms with van der Waals surface area (Å²) >= 11 is 0. The fourth-order valence-corrected chi connectivity index (χ4v) is 3.13. The zero-order chi connectivity index (χ0) is 14.0. The summed E-state index contributed by atoms with van der Waals surface area (Å²) in [6, 6.07) is 7.09. The van der Waals surface area contributed by atoms with Crippen molar-refractivity contribution in [2.45, 2.75) is 25.3 Å². The van der Waals surface area contributed by atoms with Crippen LogP contribution in [0.3, 0.4) is 0 Å². The molecule has 3 N–H and O–H groups in total. The van der Waals surface area contributed by atoms with Crippen LogP contribution >= 0.6 is 0 Å². The number of aromatic nitrogens is 1. The number of benzene rings is 1. The van der Waals surface area contributed by atoms with Gasteiger partial charge in [-0.3, -0.25) is 0 Å². The third-order valence-corrected chi connectivity index (χ3v) is 4.39. The monoisotopic (exact) mass is 281 g/mol. The van der Waals surface area contributed by atoms with Gasteiger partial charge in [-0.2, -0.15) is 0 Å². The van der Waals surface area contributed by atoms with Crippen LogP contribution in [0, 0.1) is 13.8 Å². The molecule has 0 aliphatic carbocycles. The summed E-state index contributed by atoms with van der Waals surface area (Å²) in [7, 11) is -3.66. The number of aryl methyl sites for hydroxylation is 2. The Morgan fingerprint density at radius 1 is 1.32 bits per heavy atom. The van der Waals surface area contributed by atoms with Crippen molar-refractivity contribution >= 4 is 15.7 Å². The number of nitrogen functional groups attached to an aromatic ring is 1. The Hall–Kier alpha value is -1.86. The molecular weight excluding hydrogens is 266 g/mol. The second kappa shape index (κ2) is 5.02. The molecule has 0 radical (unpaired) electrons. The number of hydrogen-bond acceptors (Lipinski definition) is 5. The maximum atomic E-state index is 12.2. The van der Waals surface area contributed by atoms with E-state index in [0.717, 1.165) is 5.56 Å². The van der Waals surface area contributed by atoms with Crippen molar-refractivity contribution in [1.82, 2.24) is 9.88 Å². The van der Waals surface area contributed by atoms with Gasteiger partial charge in [0.25, 0.3) is 0 Å². The van der Waals surface area contributed by atoms with Crippen molar-refractivity contribution in [2.24, 2.45) is 0 Å². The van der Waals surface area contributed by atoms with E-state index in [9.17, 15) is 8.42 Å². The summed E-state index contributed by atoms with van der Waals surface area (Å²) in [6.07, 6.45) is 0. The molecule has 102 valence electrons. The van der Waals surface area contributed by atoms with Crippen LogP contribution in [0.5, 0.6) is 0 Å². The Bertz CT molecular complexity index is 672. The second-order valence-electron chi connectivity index (χ2n) is 4.18. The summed E-state index contributed by atoms with van der Waals surface area (Å²) in [5.74, 6) is 0.269. The highest BCUT2D eigenvalue weighted by molar-refractivity contribution is 7.89. The standard InChI is InChI=1S/C12H15N3O3S/c1-8-12(9(2)18-15-8)19(16,17)14-7-10-5-3-4-6-11(10)13/h3-6,14H,7,13H2,1-2H3.